The van der Waals surface area contributed by atoms with E-state index >= 15 is 0 Å². The Morgan fingerprint density at radius 1 is 0.837 bits per heavy atom. The van der Waals surface area contributed by atoms with Gasteiger partial charge in [-0.15, -0.1) is 0 Å². The highest BCUT2D eigenvalue weighted by molar-refractivity contribution is 6.30. The number of amidine groups is 1. The Bertz CT molecular complexity index is 1520. The largest absolute Gasteiger partial charge is 0.326 e. The molecule has 43 heavy (non-hydrogen) atoms. The fourth-order valence-electron chi connectivity index (χ4n) is 6.52. The lowest BCUT2D eigenvalue weighted by atomic mass is 9.71. The molecule has 3 aromatic carbocycles. The molecule has 0 aliphatic carbocycles. The zero-order chi connectivity index (χ0) is 31.3. The van der Waals surface area contributed by atoms with Crippen LogP contribution in [0.1, 0.15) is 76.3 Å². The van der Waals surface area contributed by atoms with E-state index in [9.17, 15) is 4.79 Å². The average Bonchev–Trinajstić information content (AvgIpc) is 3.20. The van der Waals surface area contributed by atoms with Crippen molar-refractivity contribution in [1.82, 2.24) is 14.7 Å². The normalized spacial score (nSPS) is 23.2. The Kier molecular flexibility index (Phi) is 8.49. The predicted molar refractivity (Wildman–Crippen MR) is 180 cm³/mol. The third kappa shape index (κ3) is 5.61. The van der Waals surface area contributed by atoms with Crippen LogP contribution in [0.3, 0.4) is 0 Å². The van der Waals surface area contributed by atoms with Crippen LogP contribution in [0.15, 0.2) is 71.7 Å². The lowest BCUT2D eigenvalue weighted by Crippen LogP contribution is -2.61. The zero-order valence-corrected chi connectivity index (χ0v) is 28.2. The van der Waals surface area contributed by atoms with Gasteiger partial charge in [-0.3, -0.25) is 14.8 Å². The van der Waals surface area contributed by atoms with Crippen LogP contribution in [0.25, 0.3) is 0 Å². The number of nitrogens with zero attached hydrogens (tertiary/aromatic N) is 4. The fourth-order valence-corrected chi connectivity index (χ4v) is 6.77. The number of piperazine rings is 1. The van der Waals surface area contributed by atoms with Crippen molar-refractivity contribution in [2.75, 3.05) is 26.2 Å². The van der Waals surface area contributed by atoms with Gasteiger partial charge in [0.25, 0.3) is 0 Å². The summed E-state index contributed by atoms with van der Waals surface area (Å²) in [5.74, 6) is 0.684. The van der Waals surface area contributed by atoms with Crippen LogP contribution < -0.4 is 0 Å². The molecule has 0 aromatic heterocycles. The molecule has 1 saturated heterocycles. The van der Waals surface area contributed by atoms with Crippen molar-refractivity contribution in [2.24, 2.45) is 4.99 Å². The molecule has 2 amide bonds. The number of urea groups is 1. The number of amides is 2. The number of halogens is 2. The Hall–Kier alpha value is -2.86. The zero-order valence-electron chi connectivity index (χ0n) is 26.7. The minimum Gasteiger partial charge on any atom is -0.322 e. The number of carbonyl (C=O) groups excluding carboxylic acids is 1. The van der Waals surface area contributed by atoms with Gasteiger partial charge in [-0.25, -0.2) is 4.79 Å². The number of aliphatic imine (C=N–C) groups is 1. The van der Waals surface area contributed by atoms with Crippen molar-refractivity contribution >= 4 is 35.1 Å². The number of benzene rings is 3. The molecule has 0 N–H and O–H groups in total. The van der Waals surface area contributed by atoms with Gasteiger partial charge in [-0.1, -0.05) is 86.4 Å². The summed E-state index contributed by atoms with van der Waals surface area (Å²) in [7, 11) is 0. The molecule has 3 aromatic rings. The number of rotatable bonds is 4. The van der Waals surface area contributed by atoms with Crippen molar-refractivity contribution in [3.63, 3.8) is 0 Å². The Labute approximate surface area is 267 Å². The first-order chi connectivity index (χ1) is 20.2. The molecule has 228 valence electrons. The van der Waals surface area contributed by atoms with Crippen molar-refractivity contribution in [1.29, 1.82) is 0 Å². The molecule has 5 rings (SSSR count). The molecule has 2 aliphatic rings. The van der Waals surface area contributed by atoms with Crippen LogP contribution in [-0.2, 0) is 16.5 Å². The van der Waals surface area contributed by atoms with E-state index in [0.29, 0.717) is 35.0 Å². The lowest BCUT2D eigenvalue weighted by Gasteiger charge is -2.47. The van der Waals surface area contributed by atoms with E-state index in [1.165, 1.54) is 5.56 Å². The minimum absolute atomic E-state index is 0.00200. The molecule has 7 heteroatoms. The van der Waals surface area contributed by atoms with E-state index in [4.69, 9.17) is 28.2 Å². The first-order valence-electron chi connectivity index (χ1n) is 15.2. The summed E-state index contributed by atoms with van der Waals surface area (Å²) in [5.41, 5.74) is 3.54. The molecule has 0 bridgehead atoms. The van der Waals surface area contributed by atoms with Crippen LogP contribution in [0.2, 0.25) is 10.0 Å². The average molecular weight is 620 g/mol. The summed E-state index contributed by atoms with van der Waals surface area (Å²) in [6.45, 7) is 20.5. The summed E-state index contributed by atoms with van der Waals surface area (Å²) in [6, 6.07) is 22.7. The van der Waals surface area contributed by atoms with Gasteiger partial charge in [0.15, 0.2) is 0 Å². The second kappa shape index (κ2) is 11.6. The molecule has 1 fully saturated rings. The molecule has 2 aliphatic heterocycles. The van der Waals surface area contributed by atoms with Crippen LogP contribution in [0.4, 0.5) is 4.79 Å². The number of aryl methyl sites for hydroxylation is 1. The number of hydrogen-bond acceptors (Lipinski definition) is 3. The molecular formula is C36H44Cl2N4O. The lowest BCUT2D eigenvalue weighted by molar-refractivity contribution is 0.0791. The molecule has 0 radical (unpaired) electrons. The molecule has 2 heterocycles. The van der Waals surface area contributed by atoms with Crippen molar-refractivity contribution in [3.05, 3.63) is 105 Å². The number of carbonyl (C=O) groups is 1. The van der Waals surface area contributed by atoms with Gasteiger partial charge in [0.1, 0.15) is 16.9 Å². The molecule has 0 spiro atoms. The van der Waals surface area contributed by atoms with Gasteiger partial charge in [0.2, 0.25) is 0 Å². The first-order valence-corrected chi connectivity index (χ1v) is 16.0. The standard InChI is InChI=1S/C36H44Cl2N4O/c1-24(2)40-19-21-41(22-20-40)33(43)42-32(31-18-13-28(23-25(31)3)34(4,5)6)39-35(7,26-9-14-29(37)15-10-26)36(42,8)27-11-16-30(38)17-12-27/h9-18,23-24H,19-22H2,1-8H3/t35-,36+/m0/s1. The monoisotopic (exact) mass is 618 g/mol. The number of hydrogen-bond donors (Lipinski definition) is 0. The van der Waals surface area contributed by atoms with E-state index in [0.717, 1.165) is 35.3 Å². The fraction of sp³-hybridized carbons (Fsp3) is 0.444. The summed E-state index contributed by atoms with van der Waals surface area (Å²) in [4.78, 5) is 26.9. The van der Waals surface area contributed by atoms with Crippen LogP contribution >= 0.6 is 23.2 Å². The van der Waals surface area contributed by atoms with Crippen LogP contribution in [-0.4, -0.2) is 58.8 Å². The second-order valence-electron chi connectivity index (χ2n) is 13.6. The molecule has 5 nitrogen and oxygen atoms in total. The van der Waals surface area contributed by atoms with E-state index in [1.807, 2.05) is 58.3 Å². The molecule has 0 unspecified atom stereocenters. The SMILES string of the molecule is Cc1cc(C(C)(C)C)ccc1C1=N[C@@](C)(c2ccc(Cl)cc2)[C@@](C)(c2ccc(Cl)cc2)N1C(=O)N1CCN(C(C)C)CC1. The Morgan fingerprint density at radius 3 is 1.86 bits per heavy atom. The van der Waals surface area contributed by atoms with Crippen LogP contribution in [0.5, 0.6) is 0 Å². The maximum Gasteiger partial charge on any atom is 0.326 e. The minimum atomic E-state index is -0.873. The molecule has 0 saturated carbocycles. The molecule has 2 atom stereocenters. The van der Waals surface area contributed by atoms with Crippen molar-refractivity contribution < 1.29 is 4.79 Å². The third-order valence-corrected chi connectivity index (χ3v) is 10.1. The van der Waals surface area contributed by atoms with Crippen molar-refractivity contribution in [2.45, 2.75) is 77.9 Å². The maximum absolute atomic E-state index is 14.9. The van der Waals surface area contributed by atoms with Gasteiger partial charge >= 0.3 is 6.03 Å². The highest BCUT2D eigenvalue weighted by Crippen LogP contribution is 2.53. The molecular weight excluding hydrogens is 575 g/mol. The predicted octanol–water partition coefficient (Wildman–Crippen LogP) is 8.64. The van der Waals surface area contributed by atoms with E-state index in [1.54, 1.807) is 0 Å². The first kappa shape index (κ1) is 31.6. The van der Waals surface area contributed by atoms with Crippen LogP contribution in [0, 0.1) is 6.92 Å². The summed E-state index contributed by atoms with van der Waals surface area (Å²) in [6.07, 6.45) is 0. The van der Waals surface area contributed by atoms with Gasteiger partial charge in [0, 0.05) is 47.8 Å². The van der Waals surface area contributed by atoms with Gasteiger partial charge in [-0.2, -0.15) is 0 Å². The Balaban J connectivity index is 1.73. The van der Waals surface area contributed by atoms with E-state index < -0.39 is 11.1 Å². The Morgan fingerprint density at radius 2 is 1.37 bits per heavy atom. The summed E-state index contributed by atoms with van der Waals surface area (Å²) >= 11 is 12.7. The van der Waals surface area contributed by atoms with Gasteiger partial charge < -0.3 is 4.90 Å². The quantitative estimate of drug-likeness (QED) is 0.293. The van der Waals surface area contributed by atoms with E-state index in [-0.39, 0.29) is 11.4 Å². The van der Waals surface area contributed by atoms with Gasteiger partial charge in [0.05, 0.1) is 0 Å². The third-order valence-electron chi connectivity index (χ3n) is 9.59. The van der Waals surface area contributed by atoms with Gasteiger partial charge in [-0.05, 0) is 86.6 Å². The topological polar surface area (TPSA) is 39.2 Å². The summed E-state index contributed by atoms with van der Waals surface area (Å²) < 4.78 is 0. The highest BCUT2D eigenvalue weighted by Gasteiger charge is 2.60. The summed E-state index contributed by atoms with van der Waals surface area (Å²) in [5, 5.41) is 1.31. The second-order valence-corrected chi connectivity index (χ2v) is 14.5. The maximum atomic E-state index is 14.9. The smallest absolute Gasteiger partial charge is 0.322 e. The van der Waals surface area contributed by atoms with Crippen molar-refractivity contribution in [3.8, 4) is 0 Å². The highest BCUT2D eigenvalue weighted by atomic mass is 35.5. The van der Waals surface area contributed by atoms with E-state index in [2.05, 4.69) is 78.5 Å².